The molecule has 0 bridgehead atoms. The molecule has 0 atom stereocenters. The molecule has 0 aliphatic carbocycles. The van der Waals surface area contributed by atoms with Crippen molar-refractivity contribution in [2.24, 2.45) is 0 Å². The molecule has 106 valence electrons. The van der Waals surface area contributed by atoms with Crippen molar-refractivity contribution in [2.45, 2.75) is 13.8 Å². The third-order valence-corrected chi connectivity index (χ3v) is 4.56. The van der Waals surface area contributed by atoms with Crippen LogP contribution in [0.1, 0.15) is 11.3 Å². The second-order valence-corrected chi connectivity index (χ2v) is 6.26. The van der Waals surface area contributed by atoms with E-state index in [1.54, 1.807) is 0 Å². The fourth-order valence-corrected chi connectivity index (χ4v) is 2.80. The Morgan fingerprint density at radius 2 is 1.76 bits per heavy atom. The lowest BCUT2D eigenvalue weighted by molar-refractivity contribution is 1.20. The minimum absolute atomic E-state index is 0.775. The smallest absolute Gasteiger partial charge is 0.0955 e. The van der Waals surface area contributed by atoms with Crippen LogP contribution in [0.5, 0.6) is 0 Å². The van der Waals surface area contributed by atoms with Gasteiger partial charge in [0.15, 0.2) is 0 Å². The van der Waals surface area contributed by atoms with Crippen molar-refractivity contribution in [1.82, 2.24) is 4.98 Å². The van der Waals surface area contributed by atoms with Gasteiger partial charge < -0.3 is 5.32 Å². The number of rotatable bonds is 2. The maximum Gasteiger partial charge on any atom is 0.0955 e. The van der Waals surface area contributed by atoms with Gasteiger partial charge in [0, 0.05) is 21.2 Å². The maximum atomic E-state index is 6.45. The van der Waals surface area contributed by atoms with Crippen molar-refractivity contribution >= 4 is 49.8 Å². The number of fused-ring (bicyclic) bond motifs is 1. The van der Waals surface area contributed by atoms with Crippen LogP contribution in [-0.4, -0.2) is 4.98 Å². The molecule has 2 nitrogen and oxygen atoms in total. The number of aromatic nitrogens is 1. The highest BCUT2D eigenvalue weighted by Crippen LogP contribution is 2.32. The minimum atomic E-state index is 0.775. The lowest BCUT2D eigenvalue weighted by Gasteiger charge is -2.12. The van der Waals surface area contributed by atoms with E-state index in [9.17, 15) is 0 Å². The molecule has 0 amide bonds. The first-order chi connectivity index (χ1) is 10.1. The molecule has 0 aliphatic rings. The van der Waals surface area contributed by atoms with E-state index < -0.39 is 0 Å². The number of anilines is 2. The second kappa shape index (κ2) is 5.66. The molecule has 0 radical (unpaired) electrons. The molecule has 0 spiro atoms. The average Bonchev–Trinajstić information content (AvgIpc) is 2.48. The van der Waals surface area contributed by atoms with Crippen molar-refractivity contribution in [3.63, 3.8) is 0 Å². The molecule has 1 aromatic heterocycles. The van der Waals surface area contributed by atoms with E-state index in [-0.39, 0.29) is 0 Å². The summed E-state index contributed by atoms with van der Waals surface area (Å²) in [4.78, 5) is 4.69. The van der Waals surface area contributed by atoms with Gasteiger partial charge in [-0.05, 0) is 49.7 Å². The van der Waals surface area contributed by atoms with E-state index >= 15 is 0 Å². The zero-order valence-corrected chi connectivity index (χ0v) is 14.1. The molecule has 4 heteroatoms. The van der Waals surface area contributed by atoms with Gasteiger partial charge >= 0.3 is 0 Å². The molecule has 1 N–H and O–H groups in total. The summed E-state index contributed by atoms with van der Waals surface area (Å²) in [5.41, 5.74) is 4.86. The summed E-state index contributed by atoms with van der Waals surface area (Å²) in [7, 11) is 0. The Hall–Kier alpha value is -1.58. The van der Waals surface area contributed by atoms with Crippen LogP contribution in [0.15, 0.2) is 46.9 Å². The molecular formula is C17H14BrClN2. The van der Waals surface area contributed by atoms with E-state index in [4.69, 9.17) is 16.6 Å². The van der Waals surface area contributed by atoms with Crippen LogP contribution in [0.2, 0.25) is 5.02 Å². The van der Waals surface area contributed by atoms with Gasteiger partial charge in [0.05, 0.1) is 16.2 Å². The lowest BCUT2D eigenvalue weighted by Crippen LogP contribution is -1.96. The zero-order valence-electron chi connectivity index (χ0n) is 11.7. The number of benzene rings is 2. The Morgan fingerprint density at radius 1 is 1.05 bits per heavy atom. The van der Waals surface area contributed by atoms with E-state index in [0.29, 0.717) is 0 Å². The molecule has 3 rings (SSSR count). The van der Waals surface area contributed by atoms with E-state index in [1.165, 1.54) is 0 Å². The molecule has 0 aliphatic heterocycles. The van der Waals surface area contributed by atoms with E-state index in [2.05, 4.69) is 21.2 Å². The van der Waals surface area contributed by atoms with Crippen LogP contribution in [0, 0.1) is 13.8 Å². The number of nitrogens with one attached hydrogen (secondary N) is 1. The third-order valence-electron chi connectivity index (χ3n) is 3.55. The minimum Gasteiger partial charge on any atom is -0.354 e. The highest BCUT2D eigenvalue weighted by Gasteiger charge is 2.10. The number of halogens is 2. The molecule has 21 heavy (non-hydrogen) atoms. The standard InChI is InChI=1S/C17H14BrClN2/c1-10-11(2)20-17-14(16(10)19)4-3-5-15(17)21-13-8-6-12(18)7-9-13/h3-9,21H,1-2H3. The fraction of sp³-hybridized carbons (Fsp3) is 0.118. The number of aryl methyl sites for hydroxylation is 1. The van der Waals surface area contributed by atoms with Gasteiger partial charge in [-0.25, -0.2) is 0 Å². The van der Waals surface area contributed by atoms with Crippen LogP contribution in [0.4, 0.5) is 11.4 Å². The molecule has 3 aromatic rings. The lowest BCUT2D eigenvalue weighted by atomic mass is 10.1. The van der Waals surface area contributed by atoms with Gasteiger partial charge in [-0.1, -0.05) is 39.7 Å². The van der Waals surface area contributed by atoms with Crippen LogP contribution in [-0.2, 0) is 0 Å². The van der Waals surface area contributed by atoms with Crippen molar-refractivity contribution in [3.05, 3.63) is 63.2 Å². The van der Waals surface area contributed by atoms with Crippen molar-refractivity contribution < 1.29 is 0 Å². The first-order valence-corrected chi connectivity index (χ1v) is 7.81. The number of nitrogens with zero attached hydrogens (tertiary/aromatic N) is 1. The molecule has 0 fully saturated rings. The van der Waals surface area contributed by atoms with Crippen LogP contribution in [0.25, 0.3) is 10.9 Å². The average molecular weight is 362 g/mol. The van der Waals surface area contributed by atoms with Gasteiger partial charge in [-0.15, -0.1) is 0 Å². The third kappa shape index (κ3) is 2.76. The summed E-state index contributed by atoms with van der Waals surface area (Å²) in [6, 6.07) is 14.1. The monoisotopic (exact) mass is 360 g/mol. The first kappa shape index (κ1) is 14.4. The second-order valence-electron chi connectivity index (χ2n) is 4.97. The SMILES string of the molecule is Cc1nc2c(Nc3ccc(Br)cc3)cccc2c(Cl)c1C. The molecular weight excluding hydrogens is 348 g/mol. The van der Waals surface area contributed by atoms with Crippen LogP contribution in [0.3, 0.4) is 0 Å². The van der Waals surface area contributed by atoms with Crippen molar-refractivity contribution in [3.8, 4) is 0 Å². The number of para-hydroxylation sites is 1. The predicted molar refractivity (Wildman–Crippen MR) is 93.7 cm³/mol. The topological polar surface area (TPSA) is 24.9 Å². The van der Waals surface area contributed by atoms with Crippen molar-refractivity contribution in [1.29, 1.82) is 0 Å². The van der Waals surface area contributed by atoms with Gasteiger partial charge in [0.2, 0.25) is 0 Å². The summed E-state index contributed by atoms with van der Waals surface area (Å²) in [5.74, 6) is 0. The molecule has 0 saturated heterocycles. The number of hydrogen-bond donors (Lipinski definition) is 1. The Bertz CT molecular complexity index is 813. The van der Waals surface area contributed by atoms with Gasteiger partial charge in [-0.2, -0.15) is 0 Å². The highest BCUT2D eigenvalue weighted by atomic mass is 79.9. The molecule has 2 aromatic carbocycles. The quantitative estimate of drug-likeness (QED) is 0.604. The number of pyridine rings is 1. The summed E-state index contributed by atoms with van der Waals surface area (Å²) in [6.07, 6.45) is 0. The summed E-state index contributed by atoms with van der Waals surface area (Å²) in [6.45, 7) is 3.98. The Balaban J connectivity index is 2.12. The van der Waals surface area contributed by atoms with E-state index in [1.807, 2.05) is 56.3 Å². The maximum absolute atomic E-state index is 6.45. The Kier molecular flexibility index (Phi) is 3.87. The summed E-state index contributed by atoms with van der Waals surface area (Å²) < 4.78 is 1.05. The highest BCUT2D eigenvalue weighted by molar-refractivity contribution is 9.10. The van der Waals surface area contributed by atoms with Gasteiger partial charge in [0.1, 0.15) is 0 Å². The fourth-order valence-electron chi connectivity index (χ4n) is 2.24. The largest absolute Gasteiger partial charge is 0.354 e. The molecule has 0 saturated carbocycles. The van der Waals surface area contributed by atoms with E-state index in [0.717, 1.165) is 43.0 Å². The van der Waals surface area contributed by atoms with Gasteiger partial charge in [-0.3, -0.25) is 4.98 Å². The normalized spacial score (nSPS) is 10.9. The first-order valence-electron chi connectivity index (χ1n) is 6.64. The van der Waals surface area contributed by atoms with Gasteiger partial charge in [0.25, 0.3) is 0 Å². The Morgan fingerprint density at radius 3 is 2.48 bits per heavy atom. The summed E-state index contributed by atoms with van der Waals surface area (Å²) in [5, 5.41) is 5.15. The number of hydrogen-bond acceptors (Lipinski definition) is 2. The van der Waals surface area contributed by atoms with Crippen LogP contribution < -0.4 is 5.32 Å². The predicted octanol–water partition coefficient (Wildman–Crippen LogP) is 6.01. The summed E-state index contributed by atoms with van der Waals surface area (Å²) >= 11 is 9.89. The van der Waals surface area contributed by atoms with Crippen LogP contribution >= 0.6 is 27.5 Å². The molecule has 0 unspecified atom stereocenters. The Labute approximate surface area is 137 Å². The van der Waals surface area contributed by atoms with Crippen molar-refractivity contribution in [2.75, 3.05) is 5.32 Å². The zero-order chi connectivity index (χ0) is 15.0. The molecule has 1 heterocycles.